The van der Waals surface area contributed by atoms with Crippen LogP contribution in [0.1, 0.15) is 32.6 Å². The Morgan fingerprint density at radius 3 is 2.31 bits per heavy atom. The molecule has 0 radical (unpaired) electrons. The normalized spacial score (nSPS) is 28.7. The molecule has 0 N–H and O–H groups in total. The van der Waals surface area contributed by atoms with Gasteiger partial charge >= 0.3 is 0 Å². The van der Waals surface area contributed by atoms with Crippen molar-refractivity contribution in [2.24, 2.45) is 11.8 Å². The number of allylic oxidation sites excluding steroid dienone is 2. The zero-order chi connectivity index (χ0) is 18.1. The van der Waals surface area contributed by atoms with Gasteiger partial charge < -0.3 is 4.74 Å². The van der Waals surface area contributed by atoms with Crippen LogP contribution in [0, 0.1) is 11.8 Å². The molecule has 0 aromatic heterocycles. The van der Waals surface area contributed by atoms with Crippen LogP contribution in [-0.4, -0.2) is 42.5 Å². The number of benzene rings is 1. The second-order valence-corrected chi connectivity index (χ2v) is 7.55. The van der Waals surface area contributed by atoms with E-state index in [0.717, 1.165) is 38.1 Å². The van der Waals surface area contributed by atoms with E-state index in [1.807, 2.05) is 12.1 Å². The molecule has 5 heteroatoms. The van der Waals surface area contributed by atoms with Gasteiger partial charge in [0.05, 0.1) is 24.8 Å². The molecule has 0 unspecified atom stereocenters. The molecular formula is C21H26N2O3. The Hall–Kier alpha value is -2.14. The van der Waals surface area contributed by atoms with E-state index < -0.39 is 0 Å². The van der Waals surface area contributed by atoms with Gasteiger partial charge in [0.2, 0.25) is 5.91 Å². The molecule has 1 aliphatic carbocycles. The summed E-state index contributed by atoms with van der Waals surface area (Å²) in [5, 5.41) is 0. The Morgan fingerprint density at radius 1 is 1.04 bits per heavy atom. The monoisotopic (exact) mass is 354 g/mol. The third-order valence-electron chi connectivity index (χ3n) is 5.78. The summed E-state index contributed by atoms with van der Waals surface area (Å²) < 4.78 is 5.58. The SMILES string of the molecule is CCCOc1ccc(N2C(=O)C[C@@H](N3C[C@H]4CC=CC[C@H]4C3)C2=O)cc1. The van der Waals surface area contributed by atoms with Crippen molar-refractivity contribution in [1.29, 1.82) is 0 Å². The van der Waals surface area contributed by atoms with Crippen molar-refractivity contribution in [2.75, 3.05) is 24.6 Å². The predicted octanol–water partition coefficient (Wildman–Crippen LogP) is 3.01. The van der Waals surface area contributed by atoms with Gasteiger partial charge in [-0.2, -0.15) is 0 Å². The summed E-state index contributed by atoms with van der Waals surface area (Å²) in [5.41, 5.74) is 0.643. The second-order valence-electron chi connectivity index (χ2n) is 7.55. The first-order valence-electron chi connectivity index (χ1n) is 9.66. The molecular weight excluding hydrogens is 328 g/mol. The van der Waals surface area contributed by atoms with E-state index in [9.17, 15) is 9.59 Å². The molecule has 0 bridgehead atoms. The Labute approximate surface area is 154 Å². The average Bonchev–Trinajstić information content (AvgIpc) is 3.21. The summed E-state index contributed by atoms with van der Waals surface area (Å²) in [6.07, 6.45) is 7.93. The summed E-state index contributed by atoms with van der Waals surface area (Å²) in [6, 6.07) is 6.96. The van der Waals surface area contributed by atoms with Crippen LogP contribution in [0.15, 0.2) is 36.4 Å². The minimum atomic E-state index is -0.302. The Bertz CT molecular complexity index is 696. The molecule has 2 heterocycles. The predicted molar refractivity (Wildman–Crippen MR) is 100 cm³/mol. The van der Waals surface area contributed by atoms with Crippen LogP contribution in [0.25, 0.3) is 0 Å². The number of rotatable bonds is 5. The van der Waals surface area contributed by atoms with Gasteiger partial charge in [0, 0.05) is 13.1 Å². The number of ether oxygens (including phenoxy) is 1. The molecule has 1 aromatic carbocycles. The summed E-state index contributed by atoms with van der Waals surface area (Å²) in [6.45, 7) is 4.57. The minimum absolute atomic E-state index is 0.0798. The van der Waals surface area contributed by atoms with Crippen LogP contribution >= 0.6 is 0 Å². The maximum Gasteiger partial charge on any atom is 0.251 e. The standard InChI is InChI=1S/C21H26N2O3/c1-2-11-26-18-9-7-17(8-10-18)23-20(24)12-19(21(23)25)22-13-15-5-3-4-6-16(15)14-22/h3-4,7-10,15-16,19H,2,5-6,11-14H2,1H3/t15-,16+,19-/m1/s1. The molecule has 2 fully saturated rings. The quantitative estimate of drug-likeness (QED) is 0.602. The van der Waals surface area contributed by atoms with E-state index in [-0.39, 0.29) is 17.9 Å². The van der Waals surface area contributed by atoms with Crippen LogP contribution in [0.4, 0.5) is 5.69 Å². The largest absolute Gasteiger partial charge is 0.494 e. The van der Waals surface area contributed by atoms with E-state index in [4.69, 9.17) is 4.74 Å². The first-order valence-corrected chi connectivity index (χ1v) is 9.66. The topological polar surface area (TPSA) is 49.9 Å². The molecule has 2 saturated heterocycles. The van der Waals surface area contributed by atoms with Crippen LogP contribution in [-0.2, 0) is 9.59 Å². The van der Waals surface area contributed by atoms with E-state index in [2.05, 4.69) is 24.0 Å². The molecule has 0 spiro atoms. The zero-order valence-electron chi connectivity index (χ0n) is 15.3. The lowest BCUT2D eigenvalue weighted by Crippen LogP contribution is -2.41. The van der Waals surface area contributed by atoms with Crippen LogP contribution < -0.4 is 9.64 Å². The molecule has 3 atom stereocenters. The third kappa shape index (κ3) is 3.16. The third-order valence-corrected chi connectivity index (χ3v) is 5.78. The molecule has 2 aliphatic heterocycles. The summed E-state index contributed by atoms with van der Waals surface area (Å²) >= 11 is 0. The number of anilines is 1. The molecule has 3 aliphatic rings. The fourth-order valence-electron chi connectivity index (χ4n) is 4.39. The van der Waals surface area contributed by atoms with Crippen molar-refractivity contribution >= 4 is 17.5 Å². The van der Waals surface area contributed by atoms with Gasteiger partial charge in [-0.15, -0.1) is 0 Å². The fourth-order valence-corrected chi connectivity index (χ4v) is 4.39. The Kier molecular flexibility index (Phi) is 4.81. The number of carbonyl (C=O) groups is 2. The van der Waals surface area contributed by atoms with Crippen molar-refractivity contribution in [3.8, 4) is 5.75 Å². The van der Waals surface area contributed by atoms with Crippen molar-refractivity contribution in [2.45, 2.75) is 38.6 Å². The Balaban J connectivity index is 1.46. The van der Waals surface area contributed by atoms with E-state index in [1.54, 1.807) is 12.1 Å². The van der Waals surface area contributed by atoms with Gasteiger partial charge in [-0.1, -0.05) is 19.1 Å². The number of imide groups is 1. The lowest BCUT2D eigenvalue weighted by Gasteiger charge is -2.22. The first kappa shape index (κ1) is 17.3. The average molecular weight is 354 g/mol. The van der Waals surface area contributed by atoms with Gasteiger partial charge in [0.25, 0.3) is 5.91 Å². The second kappa shape index (κ2) is 7.23. The number of carbonyl (C=O) groups excluding carboxylic acids is 2. The highest BCUT2D eigenvalue weighted by Gasteiger charge is 2.46. The highest BCUT2D eigenvalue weighted by molar-refractivity contribution is 6.22. The number of fused-ring (bicyclic) bond motifs is 1. The molecule has 5 nitrogen and oxygen atoms in total. The smallest absolute Gasteiger partial charge is 0.251 e. The van der Waals surface area contributed by atoms with Gasteiger partial charge in [0.15, 0.2) is 0 Å². The minimum Gasteiger partial charge on any atom is -0.494 e. The van der Waals surface area contributed by atoms with Crippen molar-refractivity contribution in [1.82, 2.24) is 4.90 Å². The van der Waals surface area contributed by atoms with E-state index >= 15 is 0 Å². The van der Waals surface area contributed by atoms with E-state index in [0.29, 0.717) is 30.6 Å². The highest BCUT2D eigenvalue weighted by atomic mass is 16.5. The van der Waals surface area contributed by atoms with Crippen LogP contribution in [0.5, 0.6) is 5.75 Å². The van der Waals surface area contributed by atoms with Crippen LogP contribution in [0.3, 0.4) is 0 Å². The van der Waals surface area contributed by atoms with Crippen molar-refractivity contribution in [3.05, 3.63) is 36.4 Å². The summed E-state index contributed by atoms with van der Waals surface area (Å²) in [4.78, 5) is 29.1. The number of amides is 2. The van der Waals surface area contributed by atoms with Crippen molar-refractivity contribution < 1.29 is 14.3 Å². The maximum atomic E-state index is 13.0. The zero-order valence-corrected chi connectivity index (χ0v) is 15.3. The number of likely N-dealkylation sites (tertiary alicyclic amines) is 1. The van der Waals surface area contributed by atoms with Crippen molar-refractivity contribution in [3.63, 3.8) is 0 Å². The summed E-state index contributed by atoms with van der Waals surface area (Å²) in [7, 11) is 0. The highest BCUT2D eigenvalue weighted by Crippen LogP contribution is 2.36. The lowest BCUT2D eigenvalue weighted by atomic mass is 9.86. The molecule has 4 rings (SSSR count). The van der Waals surface area contributed by atoms with E-state index in [1.165, 1.54) is 4.90 Å². The Morgan fingerprint density at radius 2 is 1.69 bits per heavy atom. The molecule has 0 saturated carbocycles. The fraction of sp³-hybridized carbons (Fsp3) is 0.524. The summed E-state index contributed by atoms with van der Waals surface area (Å²) in [5.74, 6) is 1.85. The number of hydrogen-bond acceptors (Lipinski definition) is 4. The molecule has 26 heavy (non-hydrogen) atoms. The maximum absolute atomic E-state index is 13.0. The lowest BCUT2D eigenvalue weighted by molar-refractivity contribution is -0.122. The molecule has 138 valence electrons. The number of hydrogen-bond donors (Lipinski definition) is 0. The number of nitrogens with zero attached hydrogens (tertiary/aromatic N) is 2. The van der Waals surface area contributed by atoms with Gasteiger partial charge in [-0.05, 0) is 55.4 Å². The van der Waals surface area contributed by atoms with Gasteiger partial charge in [-0.3, -0.25) is 14.5 Å². The van der Waals surface area contributed by atoms with Gasteiger partial charge in [0.1, 0.15) is 5.75 Å². The van der Waals surface area contributed by atoms with Crippen LogP contribution in [0.2, 0.25) is 0 Å². The molecule has 2 amide bonds. The first-order chi connectivity index (χ1) is 12.7. The molecule has 1 aromatic rings. The van der Waals surface area contributed by atoms with Gasteiger partial charge in [-0.25, -0.2) is 4.90 Å².